The number of furan rings is 1. The summed E-state index contributed by atoms with van der Waals surface area (Å²) in [5, 5.41) is 5.65. The molecule has 150 valence electrons. The molecule has 6 nitrogen and oxygen atoms in total. The van der Waals surface area contributed by atoms with Crippen molar-refractivity contribution in [1.29, 1.82) is 0 Å². The van der Waals surface area contributed by atoms with Gasteiger partial charge in [-0.05, 0) is 60.9 Å². The summed E-state index contributed by atoms with van der Waals surface area (Å²) in [5.74, 6) is 0.243. The molecule has 0 spiro atoms. The predicted octanol–water partition coefficient (Wildman–Crippen LogP) is 4.35. The molecule has 1 aromatic heterocycles. The Bertz CT molecular complexity index is 932. The van der Waals surface area contributed by atoms with Crippen molar-refractivity contribution in [3.05, 3.63) is 83.8 Å². The summed E-state index contributed by atoms with van der Waals surface area (Å²) < 4.78 is 10.6. The normalized spacial score (nSPS) is 11.5. The summed E-state index contributed by atoms with van der Waals surface area (Å²) in [4.78, 5) is 24.1. The van der Waals surface area contributed by atoms with E-state index in [4.69, 9.17) is 9.15 Å². The van der Waals surface area contributed by atoms with E-state index in [2.05, 4.69) is 29.7 Å². The number of amides is 2. The van der Waals surface area contributed by atoms with Crippen molar-refractivity contribution in [2.75, 3.05) is 11.9 Å². The van der Waals surface area contributed by atoms with Gasteiger partial charge in [-0.2, -0.15) is 0 Å². The lowest BCUT2D eigenvalue weighted by Crippen LogP contribution is -2.31. The largest absolute Gasteiger partial charge is 0.484 e. The quantitative estimate of drug-likeness (QED) is 0.597. The highest BCUT2D eigenvalue weighted by Crippen LogP contribution is 2.17. The zero-order valence-corrected chi connectivity index (χ0v) is 16.5. The fourth-order valence-corrected chi connectivity index (χ4v) is 2.79. The molecule has 2 N–H and O–H groups in total. The van der Waals surface area contributed by atoms with E-state index in [-0.39, 0.29) is 30.2 Å². The number of hydrogen-bond acceptors (Lipinski definition) is 4. The molecule has 0 aliphatic carbocycles. The van der Waals surface area contributed by atoms with E-state index in [1.165, 1.54) is 11.8 Å². The van der Waals surface area contributed by atoms with Gasteiger partial charge in [0, 0.05) is 5.69 Å². The number of carbonyl (C=O) groups excluding carboxylic acids is 2. The van der Waals surface area contributed by atoms with E-state index in [9.17, 15) is 9.59 Å². The van der Waals surface area contributed by atoms with Crippen molar-refractivity contribution in [1.82, 2.24) is 5.32 Å². The molecule has 3 aromatic rings. The Morgan fingerprint density at radius 3 is 2.38 bits per heavy atom. The molecule has 0 bridgehead atoms. The number of hydrogen-bond donors (Lipinski definition) is 2. The molecule has 0 fully saturated rings. The fraction of sp³-hybridized carbons (Fsp3) is 0.217. The van der Waals surface area contributed by atoms with Crippen LogP contribution in [0.15, 0.2) is 71.3 Å². The first kappa shape index (κ1) is 20.2. The van der Waals surface area contributed by atoms with Gasteiger partial charge in [0.05, 0.1) is 12.3 Å². The van der Waals surface area contributed by atoms with Crippen LogP contribution in [0.3, 0.4) is 0 Å². The first-order chi connectivity index (χ1) is 14.0. The third-order valence-corrected chi connectivity index (χ3v) is 4.49. The second-order valence-corrected chi connectivity index (χ2v) is 6.63. The molecule has 1 unspecified atom stereocenters. The number of nitrogens with one attached hydrogen (secondary N) is 2. The number of anilines is 1. The molecule has 1 atom stereocenters. The molecule has 6 heteroatoms. The zero-order valence-electron chi connectivity index (χ0n) is 16.5. The standard InChI is InChI=1S/C23H24N2O4/c1-3-17-6-8-18(9-7-17)16(2)24-22(26)15-29-20-12-10-19(11-13-20)25-23(27)21-5-4-14-28-21/h4-14,16H,3,15H2,1-2H3,(H,24,26)(H,25,27). The Morgan fingerprint density at radius 2 is 1.76 bits per heavy atom. The van der Waals surface area contributed by atoms with Crippen LogP contribution in [0.1, 0.15) is 41.6 Å². The van der Waals surface area contributed by atoms with Gasteiger partial charge in [0.1, 0.15) is 5.75 Å². The lowest BCUT2D eigenvalue weighted by atomic mass is 10.1. The third kappa shape index (κ3) is 5.72. The molecule has 2 aromatic carbocycles. The molecule has 0 saturated carbocycles. The van der Waals surface area contributed by atoms with E-state index < -0.39 is 0 Å². The summed E-state index contributed by atoms with van der Waals surface area (Å²) in [5.41, 5.74) is 2.92. The van der Waals surface area contributed by atoms with Crippen LogP contribution in [0.5, 0.6) is 5.75 Å². The number of rotatable bonds is 8. The molecule has 1 heterocycles. The van der Waals surface area contributed by atoms with Crippen LogP contribution in [-0.2, 0) is 11.2 Å². The molecule has 0 radical (unpaired) electrons. The van der Waals surface area contributed by atoms with Gasteiger partial charge in [0.15, 0.2) is 12.4 Å². The second kappa shape index (κ2) is 9.59. The van der Waals surface area contributed by atoms with Gasteiger partial charge in [0.25, 0.3) is 11.8 Å². The van der Waals surface area contributed by atoms with E-state index >= 15 is 0 Å². The van der Waals surface area contributed by atoms with Gasteiger partial charge in [-0.3, -0.25) is 9.59 Å². The van der Waals surface area contributed by atoms with Crippen LogP contribution in [0.4, 0.5) is 5.69 Å². The van der Waals surface area contributed by atoms with Gasteiger partial charge in [0.2, 0.25) is 0 Å². The van der Waals surface area contributed by atoms with Gasteiger partial charge < -0.3 is 19.8 Å². The van der Waals surface area contributed by atoms with Crippen LogP contribution >= 0.6 is 0 Å². The molecular formula is C23H24N2O4. The summed E-state index contributed by atoms with van der Waals surface area (Å²) in [6.45, 7) is 3.96. The third-order valence-electron chi connectivity index (χ3n) is 4.49. The first-order valence-electron chi connectivity index (χ1n) is 9.51. The van der Waals surface area contributed by atoms with Crippen molar-refractivity contribution in [2.24, 2.45) is 0 Å². The minimum atomic E-state index is -0.330. The van der Waals surface area contributed by atoms with Crippen molar-refractivity contribution >= 4 is 17.5 Å². The summed E-state index contributed by atoms with van der Waals surface area (Å²) in [6, 6.07) is 18.1. The van der Waals surface area contributed by atoms with E-state index in [1.807, 2.05) is 19.1 Å². The second-order valence-electron chi connectivity index (χ2n) is 6.63. The lowest BCUT2D eigenvalue weighted by molar-refractivity contribution is -0.123. The summed E-state index contributed by atoms with van der Waals surface area (Å²) in [6.07, 6.45) is 2.43. The minimum absolute atomic E-state index is 0.0878. The van der Waals surface area contributed by atoms with Crippen molar-refractivity contribution in [3.63, 3.8) is 0 Å². The predicted molar refractivity (Wildman–Crippen MR) is 111 cm³/mol. The summed E-state index contributed by atoms with van der Waals surface area (Å²) >= 11 is 0. The molecule has 0 aliphatic heterocycles. The van der Waals surface area contributed by atoms with E-state index in [0.717, 1.165) is 12.0 Å². The smallest absolute Gasteiger partial charge is 0.291 e. The zero-order chi connectivity index (χ0) is 20.6. The average Bonchev–Trinajstić information content (AvgIpc) is 3.28. The maximum atomic E-state index is 12.2. The minimum Gasteiger partial charge on any atom is -0.484 e. The Kier molecular flexibility index (Phi) is 6.68. The van der Waals surface area contributed by atoms with Gasteiger partial charge in [-0.15, -0.1) is 0 Å². The molecule has 2 amide bonds. The van der Waals surface area contributed by atoms with Crippen LogP contribution in [0.25, 0.3) is 0 Å². The number of carbonyl (C=O) groups is 2. The average molecular weight is 392 g/mol. The van der Waals surface area contributed by atoms with Crippen molar-refractivity contribution in [3.8, 4) is 5.75 Å². The van der Waals surface area contributed by atoms with Crippen LogP contribution in [0.2, 0.25) is 0 Å². The van der Waals surface area contributed by atoms with Crippen LogP contribution in [-0.4, -0.2) is 18.4 Å². The SMILES string of the molecule is CCc1ccc(C(C)NC(=O)COc2ccc(NC(=O)c3ccco3)cc2)cc1. The maximum Gasteiger partial charge on any atom is 0.291 e. The van der Waals surface area contributed by atoms with Gasteiger partial charge in [-0.25, -0.2) is 0 Å². The van der Waals surface area contributed by atoms with Crippen LogP contribution < -0.4 is 15.4 Å². The highest BCUT2D eigenvalue weighted by Gasteiger charge is 2.11. The topological polar surface area (TPSA) is 80.6 Å². The highest BCUT2D eigenvalue weighted by atomic mass is 16.5. The molecule has 0 aliphatic rings. The Hall–Kier alpha value is -3.54. The molecule has 29 heavy (non-hydrogen) atoms. The molecule has 3 rings (SSSR count). The van der Waals surface area contributed by atoms with Crippen LogP contribution in [0, 0.1) is 0 Å². The maximum absolute atomic E-state index is 12.2. The molecular weight excluding hydrogens is 368 g/mol. The van der Waals surface area contributed by atoms with Crippen molar-refractivity contribution in [2.45, 2.75) is 26.3 Å². The van der Waals surface area contributed by atoms with E-state index in [0.29, 0.717) is 11.4 Å². The Balaban J connectivity index is 1.46. The Morgan fingerprint density at radius 1 is 1.03 bits per heavy atom. The monoisotopic (exact) mass is 392 g/mol. The van der Waals surface area contributed by atoms with Gasteiger partial charge in [-0.1, -0.05) is 31.2 Å². The molecule has 0 saturated heterocycles. The van der Waals surface area contributed by atoms with Gasteiger partial charge >= 0.3 is 0 Å². The number of aryl methyl sites for hydroxylation is 1. The number of benzene rings is 2. The fourth-order valence-electron chi connectivity index (χ4n) is 2.79. The number of ether oxygens (including phenoxy) is 1. The highest BCUT2D eigenvalue weighted by molar-refractivity contribution is 6.02. The lowest BCUT2D eigenvalue weighted by Gasteiger charge is -2.15. The first-order valence-corrected chi connectivity index (χ1v) is 9.51. The summed E-state index contributed by atoms with van der Waals surface area (Å²) in [7, 11) is 0. The Labute approximate surface area is 169 Å². The van der Waals surface area contributed by atoms with Crippen molar-refractivity contribution < 1.29 is 18.7 Å². The van der Waals surface area contributed by atoms with E-state index in [1.54, 1.807) is 36.4 Å².